The highest BCUT2D eigenvalue weighted by Crippen LogP contribution is 2.19. The molecule has 0 aliphatic carbocycles. The molecule has 3 rings (SSSR count). The first-order valence-electron chi connectivity index (χ1n) is 8.89. The average Bonchev–Trinajstić information content (AvgIpc) is 3.13. The summed E-state index contributed by atoms with van der Waals surface area (Å²) in [5, 5.41) is 6.20. The molecule has 0 saturated carbocycles. The number of anilines is 1. The molecule has 0 aliphatic rings. The number of rotatable bonds is 7. The van der Waals surface area contributed by atoms with Crippen LogP contribution in [0.1, 0.15) is 22.3 Å². The Morgan fingerprint density at radius 1 is 1.07 bits per heavy atom. The summed E-state index contributed by atoms with van der Waals surface area (Å²) in [7, 11) is 1.53. The molecule has 1 heterocycles. The number of amides is 2. The topological polar surface area (TPSA) is 100 Å². The van der Waals surface area contributed by atoms with E-state index in [0.717, 1.165) is 16.5 Å². The number of H-pyrrole nitrogens is 1. The van der Waals surface area contributed by atoms with Crippen LogP contribution in [-0.2, 0) is 20.7 Å². The summed E-state index contributed by atoms with van der Waals surface area (Å²) < 4.78 is 5.04. The smallest absolute Gasteiger partial charge is 0.306 e. The summed E-state index contributed by atoms with van der Waals surface area (Å²) in [4.78, 5) is 38.7. The molecule has 1 aromatic heterocycles. The van der Waals surface area contributed by atoms with E-state index in [1.165, 1.54) is 7.05 Å². The molecular weight excluding hydrogens is 358 g/mol. The first kappa shape index (κ1) is 19.2. The Morgan fingerprint density at radius 3 is 2.71 bits per heavy atom. The van der Waals surface area contributed by atoms with E-state index in [2.05, 4.69) is 15.6 Å². The fourth-order valence-corrected chi connectivity index (χ4v) is 2.87. The van der Waals surface area contributed by atoms with Gasteiger partial charge < -0.3 is 20.4 Å². The van der Waals surface area contributed by atoms with Crippen molar-refractivity contribution in [3.8, 4) is 0 Å². The number of aromatic amines is 1. The Morgan fingerprint density at radius 2 is 1.89 bits per heavy atom. The van der Waals surface area contributed by atoms with E-state index in [-0.39, 0.29) is 18.9 Å². The van der Waals surface area contributed by atoms with E-state index >= 15 is 0 Å². The second kappa shape index (κ2) is 8.85. The molecular formula is C21H21N3O4. The molecule has 0 unspecified atom stereocenters. The Balaban J connectivity index is 1.46. The zero-order valence-corrected chi connectivity index (χ0v) is 15.5. The van der Waals surface area contributed by atoms with Crippen LogP contribution in [0, 0.1) is 0 Å². The minimum Gasteiger partial charge on any atom is -0.456 e. The molecule has 3 aromatic rings. The largest absolute Gasteiger partial charge is 0.456 e. The summed E-state index contributed by atoms with van der Waals surface area (Å²) in [6.45, 7) is -0.378. The maximum atomic E-state index is 12.0. The van der Waals surface area contributed by atoms with Crippen molar-refractivity contribution >= 4 is 34.4 Å². The number of ether oxygens (including phenoxy) is 1. The number of benzene rings is 2. The van der Waals surface area contributed by atoms with Gasteiger partial charge in [0.2, 0.25) is 0 Å². The van der Waals surface area contributed by atoms with E-state index in [1.807, 2.05) is 30.5 Å². The molecule has 0 fully saturated rings. The van der Waals surface area contributed by atoms with Crippen molar-refractivity contribution in [2.75, 3.05) is 19.0 Å². The predicted molar refractivity (Wildman–Crippen MR) is 106 cm³/mol. The van der Waals surface area contributed by atoms with Crippen molar-refractivity contribution in [2.45, 2.75) is 12.8 Å². The lowest BCUT2D eigenvalue weighted by Crippen LogP contribution is -2.22. The maximum Gasteiger partial charge on any atom is 0.306 e. The van der Waals surface area contributed by atoms with Gasteiger partial charge in [0.05, 0.1) is 0 Å². The average molecular weight is 379 g/mol. The van der Waals surface area contributed by atoms with Crippen LogP contribution < -0.4 is 10.6 Å². The van der Waals surface area contributed by atoms with Gasteiger partial charge in [0.15, 0.2) is 6.61 Å². The number of aromatic nitrogens is 1. The lowest BCUT2D eigenvalue weighted by Gasteiger charge is -2.08. The van der Waals surface area contributed by atoms with Crippen molar-refractivity contribution in [3.63, 3.8) is 0 Å². The van der Waals surface area contributed by atoms with Crippen LogP contribution in [0.15, 0.2) is 54.7 Å². The van der Waals surface area contributed by atoms with Gasteiger partial charge in [0.25, 0.3) is 11.8 Å². The summed E-state index contributed by atoms with van der Waals surface area (Å²) >= 11 is 0. The minimum atomic E-state index is -0.463. The number of hydrogen-bond acceptors (Lipinski definition) is 4. The first-order valence-corrected chi connectivity index (χ1v) is 8.89. The number of para-hydroxylation sites is 1. The van der Waals surface area contributed by atoms with Crippen molar-refractivity contribution in [1.29, 1.82) is 0 Å². The summed E-state index contributed by atoms with van der Waals surface area (Å²) in [5.74, 6) is -1.16. The van der Waals surface area contributed by atoms with Crippen LogP contribution in [-0.4, -0.2) is 36.4 Å². The third kappa shape index (κ3) is 4.76. The predicted octanol–water partition coefficient (Wildman–Crippen LogP) is 2.64. The second-order valence-corrected chi connectivity index (χ2v) is 6.23. The Bertz CT molecular complexity index is 1010. The van der Waals surface area contributed by atoms with E-state index in [4.69, 9.17) is 4.74 Å². The maximum absolute atomic E-state index is 12.0. The monoisotopic (exact) mass is 379 g/mol. The molecule has 7 heteroatoms. The lowest BCUT2D eigenvalue weighted by molar-refractivity contribution is -0.147. The van der Waals surface area contributed by atoms with Gasteiger partial charge in [0.1, 0.15) is 0 Å². The van der Waals surface area contributed by atoms with Gasteiger partial charge in [-0.2, -0.15) is 0 Å². The molecule has 144 valence electrons. The normalized spacial score (nSPS) is 10.5. The zero-order chi connectivity index (χ0) is 19.9. The molecule has 28 heavy (non-hydrogen) atoms. The van der Waals surface area contributed by atoms with Crippen LogP contribution in [0.25, 0.3) is 10.9 Å². The van der Waals surface area contributed by atoms with Gasteiger partial charge >= 0.3 is 5.97 Å². The van der Waals surface area contributed by atoms with Crippen molar-refractivity contribution < 1.29 is 19.1 Å². The minimum absolute atomic E-state index is 0.182. The summed E-state index contributed by atoms with van der Waals surface area (Å²) in [5.41, 5.74) is 2.93. The van der Waals surface area contributed by atoms with Crippen LogP contribution >= 0.6 is 0 Å². The molecule has 2 amide bonds. The van der Waals surface area contributed by atoms with Crippen LogP contribution in [0.5, 0.6) is 0 Å². The van der Waals surface area contributed by atoms with E-state index in [0.29, 0.717) is 17.7 Å². The number of aryl methyl sites for hydroxylation is 1. The van der Waals surface area contributed by atoms with Gasteiger partial charge in [-0.05, 0) is 36.2 Å². The fourth-order valence-electron chi connectivity index (χ4n) is 2.87. The van der Waals surface area contributed by atoms with E-state index < -0.39 is 11.9 Å². The second-order valence-electron chi connectivity index (χ2n) is 6.23. The number of carbonyl (C=O) groups excluding carboxylic acids is 3. The molecule has 0 bridgehead atoms. The van der Waals surface area contributed by atoms with Crippen molar-refractivity contribution in [3.05, 3.63) is 65.9 Å². The van der Waals surface area contributed by atoms with E-state index in [9.17, 15) is 14.4 Å². The highest BCUT2D eigenvalue weighted by atomic mass is 16.5. The molecule has 2 aromatic carbocycles. The van der Waals surface area contributed by atoms with Gasteiger partial charge in [-0.3, -0.25) is 14.4 Å². The molecule has 7 nitrogen and oxygen atoms in total. The highest BCUT2D eigenvalue weighted by Gasteiger charge is 2.11. The van der Waals surface area contributed by atoms with Gasteiger partial charge in [-0.25, -0.2) is 0 Å². The Kier molecular flexibility index (Phi) is 6.06. The molecule has 3 N–H and O–H groups in total. The quantitative estimate of drug-likeness (QED) is 0.550. The third-order valence-corrected chi connectivity index (χ3v) is 4.27. The summed E-state index contributed by atoms with van der Waals surface area (Å²) in [6, 6.07) is 14.4. The van der Waals surface area contributed by atoms with Gasteiger partial charge in [-0.1, -0.05) is 24.3 Å². The van der Waals surface area contributed by atoms with Crippen LogP contribution in [0.4, 0.5) is 5.69 Å². The zero-order valence-electron chi connectivity index (χ0n) is 15.5. The highest BCUT2D eigenvalue weighted by molar-refractivity contribution is 5.97. The molecule has 0 radical (unpaired) electrons. The number of hydrogen-bond donors (Lipinski definition) is 3. The SMILES string of the molecule is CNC(=O)c1cccc(NC(=O)COC(=O)CCc2c[nH]c3ccccc23)c1. The molecule has 0 atom stereocenters. The Hall–Kier alpha value is -3.61. The molecule has 0 spiro atoms. The van der Waals surface area contributed by atoms with Crippen molar-refractivity contribution in [2.24, 2.45) is 0 Å². The lowest BCUT2D eigenvalue weighted by atomic mass is 10.1. The van der Waals surface area contributed by atoms with E-state index in [1.54, 1.807) is 24.3 Å². The van der Waals surface area contributed by atoms with Crippen molar-refractivity contribution in [1.82, 2.24) is 10.3 Å². The Labute approximate surface area is 162 Å². The molecule has 0 saturated heterocycles. The number of nitrogens with one attached hydrogen (secondary N) is 3. The van der Waals surface area contributed by atoms with Gasteiger partial charge in [-0.15, -0.1) is 0 Å². The van der Waals surface area contributed by atoms with Crippen LogP contribution in [0.3, 0.4) is 0 Å². The number of fused-ring (bicyclic) bond motifs is 1. The van der Waals surface area contributed by atoms with Gasteiger partial charge in [0, 0.05) is 41.8 Å². The van der Waals surface area contributed by atoms with Crippen LogP contribution in [0.2, 0.25) is 0 Å². The standard InChI is InChI=1S/C21H21N3O4/c1-22-21(27)14-5-4-6-16(11-14)24-19(25)13-28-20(26)10-9-15-12-23-18-8-3-2-7-17(15)18/h2-8,11-12,23H,9-10,13H2,1H3,(H,22,27)(H,24,25). The molecule has 0 aliphatic heterocycles. The first-order chi connectivity index (χ1) is 13.6. The number of carbonyl (C=O) groups is 3. The third-order valence-electron chi connectivity index (χ3n) is 4.27. The number of esters is 1. The summed E-state index contributed by atoms with van der Waals surface area (Å²) in [6.07, 6.45) is 2.59. The fraction of sp³-hybridized carbons (Fsp3) is 0.190.